The van der Waals surface area contributed by atoms with Gasteiger partial charge in [-0.3, -0.25) is 4.79 Å². The first-order valence-corrected chi connectivity index (χ1v) is 8.57. The fourth-order valence-electron chi connectivity index (χ4n) is 3.53. The number of fused-ring (bicyclic) bond motifs is 1. The Labute approximate surface area is 145 Å². The Hall–Kier alpha value is -2.77. The maximum Gasteiger partial charge on any atom is 0.244 e. The first-order valence-electron chi connectivity index (χ1n) is 8.57. The smallest absolute Gasteiger partial charge is 0.244 e. The highest BCUT2D eigenvalue weighted by Crippen LogP contribution is 2.22. The number of likely N-dealkylation sites (tertiary alicyclic amines) is 1. The van der Waals surface area contributed by atoms with Crippen molar-refractivity contribution in [3.63, 3.8) is 0 Å². The minimum atomic E-state index is 0.0647. The number of para-hydroxylation sites is 1. The van der Waals surface area contributed by atoms with Crippen LogP contribution in [0.4, 0.5) is 0 Å². The summed E-state index contributed by atoms with van der Waals surface area (Å²) in [5.74, 6) is 1.74. The highest BCUT2D eigenvalue weighted by molar-refractivity contribution is 5.79. The van der Waals surface area contributed by atoms with Gasteiger partial charge in [-0.2, -0.15) is 5.10 Å². The molecular weight excluding hydrogens is 318 g/mol. The number of aromatic nitrogens is 6. The van der Waals surface area contributed by atoms with E-state index in [1.54, 1.807) is 4.68 Å². The zero-order valence-corrected chi connectivity index (χ0v) is 14.5. The van der Waals surface area contributed by atoms with E-state index in [1.807, 2.05) is 47.7 Å². The molecule has 0 saturated carbocycles. The Morgan fingerprint density at radius 2 is 2.12 bits per heavy atom. The Morgan fingerprint density at radius 1 is 1.28 bits per heavy atom. The number of hydrogen-bond donors (Lipinski definition) is 0. The molecule has 0 unspecified atom stereocenters. The molecule has 1 saturated heterocycles. The molecule has 1 amide bonds. The second-order valence-corrected chi connectivity index (χ2v) is 6.52. The van der Waals surface area contributed by atoms with Crippen LogP contribution in [0.1, 0.15) is 30.5 Å². The lowest BCUT2D eigenvalue weighted by Crippen LogP contribution is -2.42. The number of carbonyl (C=O) groups excluding carboxylic acids is 1. The predicted octanol–water partition coefficient (Wildman–Crippen LogP) is 1.50. The average molecular weight is 339 g/mol. The third-order valence-corrected chi connectivity index (χ3v) is 4.71. The van der Waals surface area contributed by atoms with E-state index >= 15 is 0 Å². The Morgan fingerprint density at radius 3 is 2.92 bits per heavy atom. The number of rotatable bonds is 3. The lowest BCUT2D eigenvalue weighted by atomic mass is 10.1. The standard InChI is InChI=1S/C17H21N7O/c1-12-18-13(2)24(20-12)14-6-5-9-22(10-14)17(25)11-23-16-8-4-3-7-15(16)19-21-23/h3-4,7-8,14H,5-6,9-11H2,1-2H3/t14-/m1/s1. The number of piperidine rings is 1. The highest BCUT2D eigenvalue weighted by atomic mass is 16.2. The molecule has 25 heavy (non-hydrogen) atoms. The number of benzene rings is 1. The summed E-state index contributed by atoms with van der Waals surface area (Å²) in [5, 5.41) is 12.7. The molecule has 0 radical (unpaired) electrons. The predicted molar refractivity (Wildman–Crippen MR) is 91.9 cm³/mol. The van der Waals surface area contributed by atoms with Crippen LogP contribution in [0.5, 0.6) is 0 Å². The van der Waals surface area contributed by atoms with Gasteiger partial charge in [0.2, 0.25) is 5.91 Å². The second-order valence-electron chi connectivity index (χ2n) is 6.52. The largest absolute Gasteiger partial charge is 0.339 e. The molecular formula is C17H21N7O. The van der Waals surface area contributed by atoms with E-state index in [-0.39, 0.29) is 18.5 Å². The van der Waals surface area contributed by atoms with Gasteiger partial charge in [0.05, 0.1) is 11.6 Å². The number of nitrogens with zero attached hydrogens (tertiary/aromatic N) is 7. The van der Waals surface area contributed by atoms with Crippen LogP contribution in [-0.4, -0.2) is 53.7 Å². The summed E-state index contributed by atoms with van der Waals surface area (Å²) in [4.78, 5) is 19.0. The first kappa shape index (κ1) is 15.7. The van der Waals surface area contributed by atoms with Gasteiger partial charge in [0.15, 0.2) is 0 Å². The number of carbonyl (C=O) groups is 1. The van der Waals surface area contributed by atoms with Crippen molar-refractivity contribution in [3.05, 3.63) is 35.9 Å². The second kappa shape index (κ2) is 6.27. The van der Waals surface area contributed by atoms with Crippen LogP contribution in [0.3, 0.4) is 0 Å². The number of amides is 1. The van der Waals surface area contributed by atoms with Crippen molar-refractivity contribution in [2.75, 3.05) is 13.1 Å². The summed E-state index contributed by atoms with van der Waals surface area (Å²) in [6.07, 6.45) is 1.98. The van der Waals surface area contributed by atoms with Crippen LogP contribution in [0, 0.1) is 13.8 Å². The van der Waals surface area contributed by atoms with Crippen LogP contribution in [0.25, 0.3) is 11.0 Å². The summed E-state index contributed by atoms with van der Waals surface area (Å²) in [6, 6.07) is 7.87. The van der Waals surface area contributed by atoms with E-state index in [0.717, 1.165) is 42.1 Å². The van der Waals surface area contributed by atoms with Crippen LogP contribution in [0.2, 0.25) is 0 Å². The molecule has 130 valence electrons. The highest BCUT2D eigenvalue weighted by Gasteiger charge is 2.27. The van der Waals surface area contributed by atoms with E-state index in [2.05, 4.69) is 20.4 Å². The first-order chi connectivity index (χ1) is 12.1. The van der Waals surface area contributed by atoms with Gasteiger partial charge in [-0.1, -0.05) is 17.3 Å². The maximum atomic E-state index is 12.8. The van der Waals surface area contributed by atoms with Gasteiger partial charge in [0, 0.05) is 13.1 Å². The Balaban J connectivity index is 1.49. The molecule has 0 N–H and O–H groups in total. The van der Waals surface area contributed by atoms with Crippen LogP contribution in [-0.2, 0) is 11.3 Å². The van der Waals surface area contributed by atoms with Crippen molar-refractivity contribution in [1.29, 1.82) is 0 Å². The van der Waals surface area contributed by atoms with Crippen molar-refractivity contribution in [2.45, 2.75) is 39.3 Å². The summed E-state index contributed by atoms with van der Waals surface area (Å²) in [7, 11) is 0. The molecule has 1 aliphatic rings. The number of aryl methyl sites for hydroxylation is 2. The molecule has 0 spiro atoms. The maximum absolute atomic E-state index is 12.8. The van der Waals surface area contributed by atoms with E-state index < -0.39 is 0 Å². The summed E-state index contributed by atoms with van der Waals surface area (Å²) >= 11 is 0. The molecule has 1 fully saturated rings. The van der Waals surface area contributed by atoms with Crippen molar-refractivity contribution >= 4 is 16.9 Å². The van der Waals surface area contributed by atoms with Crippen molar-refractivity contribution < 1.29 is 4.79 Å². The van der Waals surface area contributed by atoms with Gasteiger partial charge in [-0.25, -0.2) is 14.3 Å². The lowest BCUT2D eigenvalue weighted by molar-refractivity contribution is -0.133. The molecule has 1 atom stereocenters. The van der Waals surface area contributed by atoms with Crippen LogP contribution < -0.4 is 0 Å². The zero-order chi connectivity index (χ0) is 17.4. The lowest BCUT2D eigenvalue weighted by Gasteiger charge is -2.33. The third-order valence-electron chi connectivity index (χ3n) is 4.71. The fraction of sp³-hybridized carbons (Fsp3) is 0.471. The topological polar surface area (TPSA) is 81.7 Å². The average Bonchev–Trinajstić information content (AvgIpc) is 3.18. The third kappa shape index (κ3) is 2.99. The van der Waals surface area contributed by atoms with Crippen molar-refractivity contribution in [1.82, 2.24) is 34.7 Å². The van der Waals surface area contributed by atoms with Gasteiger partial charge in [-0.05, 0) is 38.8 Å². The van der Waals surface area contributed by atoms with Gasteiger partial charge in [0.1, 0.15) is 23.7 Å². The van der Waals surface area contributed by atoms with Gasteiger partial charge in [0.25, 0.3) is 0 Å². The number of hydrogen-bond acceptors (Lipinski definition) is 5. The Kier molecular flexibility index (Phi) is 3.95. The van der Waals surface area contributed by atoms with E-state index in [4.69, 9.17) is 0 Å². The molecule has 2 aromatic heterocycles. The minimum absolute atomic E-state index is 0.0647. The molecule has 0 aliphatic carbocycles. The molecule has 3 heterocycles. The van der Waals surface area contributed by atoms with E-state index in [1.165, 1.54) is 0 Å². The van der Waals surface area contributed by atoms with E-state index in [0.29, 0.717) is 6.54 Å². The van der Waals surface area contributed by atoms with Gasteiger partial charge < -0.3 is 4.90 Å². The molecule has 1 aromatic carbocycles. The van der Waals surface area contributed by atoms with Crippen LogP contribution in [0.15, 0.2) is 24.3 Å². The van der Waals surface area contributed by atoms with Crippen LogP contribution >= 0.6 is 0 Å². The summed E-state index contributed by atoms with van der Waals surface area (Å²) in [6.45, 7) is 5.50. The normalized spacial score (nSPS) is 18.0. The van der Waals surface area contributed by atoms with Gasteiger partial charge >= 0.3 is 0 Å². The molecule has 4 rings (SSSR count). The molecule has 8 heteroatoms. The fourth-order valence-corrected chi connectivity index (χ4v) is 3.53. The minimum Gasteiger partial charge on any atom is -0.339 e. The van der Waals surface area contributed by atoms with Gasteiger partial charge in [-0.15, -0.1) is 5.10 Å². The van der Waals surface area contributed by atoms with Crippen molar-refractivity contribution in [3.8, 4) is 0 Å². The summed E-state index contributed by atoms with van der Waals surface area (Å²) in [5.41, 5.74) is 1.69. The Bertz CT molecular complexity index is 913. The quantitative estimate of drug-likeness (QED) is 0.722. The monoisotopic (exact) mass is 339 g/mol. The SMILES string of the molecule is Cc1nc(C)n([C@@H]2CCCN(C(=O)Cn3nnc4ccccc43)C2)n1. The van der Waals surface area contributed by atoms with Crippen molar-refractivity contribution in [2.24, 2.45) is 0 Å². The zero-order valence-electron chi connectivity index (χ0n) is 14.5. The summed E-state index contributed by atoms with van der Waals surface area (Å²) < 4.78 is 3.63. The molecule has 3 aromatic rings. The molecule has 0 bridgehead atoms. The molecule has 8 nitrogen and oxygen atoms in total. The van der Waals surface area contributed by atoms with E-state index in [9.17, 15) is 4.79 Å². The molecule has 1 aliphatic heterocycles.